The van der Waals surface area contributed by atoms with Gasteiger partial charge in [-0.25, -0.2) is 4.57 Å². The molecule has 0 aromatic carbocycles. The number of phosphoric acid groups is 1. The zero-order valence-corrected chi connectivity index (χ0v) is 6.15. The summed E-state index contributed by atoms with van der Waals surface area (Å²) in [6.45, 7) is 0. The van der Waals surface area contributed by atoms with Crippen LogP contribution in [0.3, 0.4) is 0 Å². The minimum Gasteiger partial charge on any atom is -1.00 e. The van der Waals surface area contributed by atoms with Gasteiger partial charge in [0.25, 0.3) is 0 Å². The molecule has 0 aliphatic rings. The van der Waals surface area contributed by atoms with Crippen molar-refractivity contribution in [1.82, 2.24) is 0 Å². The first-order chi connectivity index (χ1) is 2.00. The average Bonchev–Trinajstić information content (AvgIpc) is 0.722. The molecule has 0 fully saturated rings. The molecular formula is H7GaLiO4PTi. The maximum absolute atomic E-state index is 8.88. The van der Waals surface area contributed by atoms with Crippen LogP contribution in [0.25, 0.3) is 0 Å². The van der Waals surface area contributed by atoms with E-state index in [9.17, 15) is 0 Å². The van der Waals surface area contributed by atoms with Crippen molar-refractivity contribution in [1.29, 1.82) is 0 Å². The van der Waals surface area contributed by atoms with E-state index >= 15 is 0 Å². The van der Waals surface area contributed by atoms with Crippen LogP contribution in [0.5, 0.6) is 0 Å². The Bertz CT molecular complexity index is 66.7. The van der Waals surface area contributed by atoms with E-state index in [1.807, 2.05) is 0 Å². The SMILES string of the molecule is O=P(O)(O)O.[GaH3].[H-].[Li+].[Ti]. The minimum absolute atomic E-state index is 0. The van der Waals surface area contributed by atoms with Crippen molar-refractivity contribution in [3.8, 4) is 0 Å². The molecule has 0 aromatic heterocycles. The molecule has 0 heterocycles. The van der Waals surface area contributed by atoms with Crippen molar-refractivity contribution in [3.05, 3.63) is 0 Å². The van der Waals surface area contributed by atoms with Gasteiger partial charge in [-0.3, -0.25) is 0 Å². The van der Waals surface area contributed by atoms with Crippen LogP contribution in [-0.4, -0.2) is 34.5 Å². The summed E-state index contributed by atoms with van der Waals surface area (Å²) in [7, 11) is -4.64. The van der Waals surface area contributed by atoms with Crippen LogP contribution in [0, 0.1) is 0 Å². The second-order valence-electron chi connectivity index (χ2n) is 0.513. The summed E-state index contributed by atoms with van der Waals surface area (Å²) >= 11 is 0. The summed E-state index contributed by atoms with van der Waals surface area (Å²) in [5.74, 6) is 0. The third kappa shape index (κ3) is 94.8. The standard InChI is InChI=1S/Ga.Li.H3O4P.Ti.4H/c;;1-5(2,3)4;;;;;/h;;(H3,1,2,3,4);;;;;/q;+1;;;;;;-1. The number of hydrogen-bond donors (Lipinski definition) is 3. The molecule has 3 N–H and O–H groups in total. The zero-order valence-electron chi connectivity index (χ0n) is 4.70. The van der Waals surface area contributed by atoms with Crippen LogP contribution in [0.15, 0.2) is 0 Å². The first kappa shape index (κ1) is 22.5. The fourth-order valence-corrected chi connectivity index (χ4v) is 0. The fraction of sp³-hybridized carbons (Fsp3) is 0. The molecule has 0 aliphatic carbocycles. The van der Waals surface area contributed by atoms with E-state index in [4.69, 9.17) is 19.2 Å². The topological polar surface area (TPSA) is 77.8 Å². The Labute approximate surface area is 88.3 Å². The molecule has 0 aliphatic heterocycles. The van der Waals surface area contributed by atoms with Gasteiger partial charge in [-0.1, -0.05) is 0 Å². The monoisotopic (exact) mass is 226 g/mol. The molecule has 44 valence electrons. The molecule has 0 rings (SSSR count). The van der Waals surface area contributed by atoms with Gasteiger partial charge in [0.15, 0.2) is 0 Å². The molecule has 4 nitrogen and oxygen atoms in total. The van der Waals surface area contributed by atoms with Gasteiger partial charge in [-0.15, -0.1) is 0 Å². The van der Waals surface area contributed by atoms with E-state index in [1.54, 1.807) is 0 Å². The summed E-state index contributed by atoms with van der Waals surface area (Å²) in [5, 5.41) is 0. The first-order valence-corrected chi connectivity index (χ1v) is 2.35. The molecule has 0 saturated heterocycles. The molecule has 8 heavy (non-hydrogen) atoms. The first-order valence-electron chi connectivity index (χ1n) is 0.783. The van der Waals surface area contributed by atoms with Crippen molar-refractivity contribution in [2.45, 2.75) is 0 Å². The minimum atomic E-state index is -4.64. The molecular weight excluding hydrogens is 220 g/mol. The van der Waals surface area contributed by atoms with E-state index in [2.05, 4.69) is 0 Å². The normalized spacial score (nSPS) is 7.38. The Kier molecular flexibility index (Phi) is 25.5. The summed E-state index contributed by atoms with van der Waals surface area (Å²) in [6.07, 6.45) is 0. The summed E-state index contributed by atoms with van der Waals surface area (Å²) in [5.41, 5.74) is 0. The van der Waals surface area contributed by atoms with E-state index in [1.165, 1.54) is 0 Å². The summed E-state index contributed by atoms with van der Waals surface area (Å²) in [4.78, 5) is 21.6. The number of rotatable bonds is 0. The second kappa shape index (κ2) is 9.06. The van der Waals surface area contributed by atoms with Crippen molar-refractivity contribution < 1.29 is 61.3 Å². The van der Waals surface area contributed by atoms with Crippen molar-refractivity contribution in [3.63, 3.8) is 0 Å². The van der Waals surface area contributed by atoms with E-state index in [0.717, 1.165) is 0 Å². The van der Waals surface area contributed by atoms with E-state index < -0.39 is 7.82 Å². The van der Waals surface area contributed by atoms with Crippen molar-refractivity contribution in [2.24, 2.45) is 0 Å². The third-order valence-electron chi connectivity index (χ3n) is 0. The zero-order chi connectivity index (χ0) is 4.50. The Hall–Kier alpha value is 2.06. The van der Waals surface area contributed by atoms with Gasteiger partial charge in [-0.05, 0) is 0 Å². The van der Waals surface area contributed by atoms with Gasteiger partial charge in [0.05, 0.1) is 0 Å². The molecule has 8 heteroatoms. The Morgan fingerprint density at radius 1 is 1.25 bits per heavy atom. The maximum atomic E-state index is 8.88. The molecule has 0 spiro atoms. The Balaban J connectivity index is -0.0000000133. The van der Waals surface area contributed by atoms with Gasteiger partial charge >= 0.3 is 46.5 Å². The third-order valence-corrected chi connectivity index (χ3v) is 0. The van der Waals surface area contributed by atoms with Crippen LogP contribution in [0.1, 0.15) is 1.43 Å². The predicted molar refractivity (Wildman–Crippen MR) is 25.3 cm³/mol. The van der Waals surface area contributed by atoms with Gasteiger partial charge in [0, 0.05) is 21.7 Å². The molecule has 0 amide bonds. The van der Waals surface area contributed by atoms with Crippen LogP contribution in [0.2, 0.25) is 0 Å². The quantitative estimate of drug-likeness (QED) is 0.286. The Morgan fingerprint density at radius 2 is 1.25 bits per heavy atom. The van der Waals surface area contributed by atoms with Crippen LogP contribution < -0.4 is 18.9 Å². The van der Waals surface area contributed by atoms with Crippen molar-refractivity contribution >= 4 is 27.6 Å². The molecule has 0 radical (unpaired) electrons. The second-order valence-corrected chi connectivity index (χ2v) is 1.54. The summed E-state index contributed by atoms with van der Waals surface area (Å²) < 4.78 is 8.88. The van der Waals surface area contributed by atoms with Gasteiger partial charge in [0.2, 0.25) is 0 Å². The van der Waals surface area contributed by atoms with Gasteiger partial charge in [0.1, 0.15) is 0 Å². The van der Waals surface area contributed by atoms with Crippen LogP contribution in [0.4, 0.5) is 0 Å². The molecule has 0 bridgehead atoms. The fourth-order valence-electron chi connectivity index (χ4n) is 0. The predicted octanol–water partition coefficient (Wildman–Crippen LogP) is -5.00. The Morgan fingerprint density at radius 3 is 1.25 bits per heavy atom. The van der Waals surface area contributed by atoms with E-state index in [-0.39, 0.29) is 61.8 Å². The molecule has 0 aromatic rings. The van der Waals surface area contributed by atoms with Gasteiger partial charge < -0.3 is 16.1 Å². The van der Waals surface area contributed by atoms with Crippen LogP contribution in [-0.2, 0) is 26.3 Å². The number of hydrogen-bond acceptors (Lipinski definition) is 1. The maximum Gasteiger partial charge on any atom is 1.00 e. The molecule has 0 saturated carbocycles. The van der Waals surface area contributed by atoms with Crippen LogP contribution >= 0.6 is 7.82 Å². The van der Waals surface area contributed by atoms with Crippen molar-refractivity contribution in [2.75, 3.05) is 0 Å². The largest absolute Gasteiger partial charge is 1.00 e. The van der Waals surface area contributed by atoms with E-state index in [0.29, 0.717) is 0 Å². The molecule has 0 atom stereocenters. The smallest absolute Gasteiger partial charge is 1.00 e. The molecule has 0 unspecified atom stereocenters. The summed E-state index contributed by atoms with van der Waals surface area (Å²) in [6, 6.07) is 0. The van der Waals surface area contributed by atoms with Gasteiger partial charge in [-0.2, -0.15) is 0 Å². The average molecular weight is 227 g/mol.